The molecule has 0 bridgehead atoms. The van der Waals surface area contributed by atoms with Crippen molar-refractivity contribution in [3.8, 4) is 5.75 Å². The smallest absolute Gasteiger partial charge is 0.326 e. The zero-order valence-corrected chi connectivity index (χ0v) is 22.8. The molecule has 0 fully saturated rings. The van der Waals surface area contributed by atoms with Crippen LogP contribution in [0.1, 0.15) is 51.8 Å². The summed E-state index contributed by atoms with van der Waals surface area (Å²) in [5.74, 6) is -3.57. The van der Waals surface area contributed by atoms with Crippen molar-refractivity contribution in [2.45, 2.75) is 77.5 Å². The Bertz CT molecular complexity index is 1090. The van der Waals surface area contributed by atoms with Crippen LogP contribution in [0.25, 0.3) is 0 Å². The number of aromatic amines is 1. The third-order valence-electron chi connectivity index (χ3n) is 6.91. The number of nitrogens with zero attached hydrogens (tertiary/aromatic N) is 1. The quantitative estimate of drug-likeness (QED) is 0.171. The zero-order valence-electron chi connectivity index (χ0n) is 22.8. The summed E-state index contributed by atoms with van der Waals surface area (Å²) in [5.41, 5.74) is 7.38. The van der Waals surface area contributed by atoms with E-state index in [2.05, 4.69) is 25.9 Å². The van der Waals surface area contributed by atoms with Gasteiger partial charge >= 0.3 is 5.97 Å². The largest absolute Gasteiger partial charge is 0.508 e. The van der Waals surface area contributed by atoms with Crippen molar-refractivity contribution in [3.05, 3.63) is 48.0 Å². The number of aliphatic carboxylic acids is 1. The maximum atomic E-state index is 13.5. The fourth-order valence-corrected chi connectivity index (χ4v) is 3.96. The van der Waals surface area contributed by atoms with E-state index in [1.54, 1.807) is 32.2 Å². The van der Waals surface area contributed by atoms with Gasteiger partial charge in [0.1, 0.15) is 23.9 Å². The Hall–Kier alpha value is -3.93. The number of aromatic hydroxyl groups is 1. The second-order valence-corrected chi connectivity index (χ2v) is 9.90. The Balaban J connectivity index is 2.25. The number of carbonyl (C=O) groups excluding carboxylic acids is 3. The Morgan fingerprint density at radius 1 is 0.897 bits per heavy atom. The number of phenolic OH excluding ortho intramolecular Hbond substituents is 1. The van der Waals surface area contributed by atoms with Gasteiger partial charge in [0.05, 0.1) is 12.4 Å². The first-order valence-electron chi connectivity index (χ1n) is 13.1. The summed E-state index contributed by atoms with van der Waals surface area (Å²) in [6.07, 6.45) is 4.32. The number of hydrogen-bond acceptors (Lipinski definition) is 7. The second-order valence-electron chi connectivity index (χ2n) is 9.90. The van der Waals surface area contributed by atoms with Gasteiger partial charge in [0.15, 0.2) is 0 Å². The number of rotatable bonds is 15. The molecular formula is C27H40N6O6. The van der Waals surface area contributed by atoms with Crippen molar-refractivity contribution in [1.29, 1.82) is 0 Å². The highest BCUT2D eigenvalue weighted by Crippen LogP contribution is 2.15. The molecule has 12 heteroatoms. The number of H-pyrrole nitrogens is 1. The molecule has 0 aliphatic rings. The van der Waals surface area contributed by atoms with Crippen molar-refractivity contribution < 1.29 is 29.4 Å². The molecule has 0 aliphatic carbocycles. The molecule has 6 atom stereocenters. The first-order chi connectivity index (χ1) is 18.5. The lowest BCUT2D eigenvalue weighted by atomic mass is 9.94. The van der Waals surface area contributed by atoms with Crippen molar-refractivity contribution >= 4 is 23.7 Å². The summed E-state index contributed by atoms with van der Waals surface area (Å²) in [6.45, 7) is 7.18. The highest BCUT2D eigenvalue weighted by molar-refractivity contribution is 5.94. The molecule has 0 radical (unpaired) electrons. The highest BCUT2D eigenvalue weighted by Gasteiger charge is 2.34. The maximum absolute atomic E-state index is 13.5. The van der Waals surface area contributed by atoms with Gasteiger partial charge in [-0.05, 0) is 29.5 Å². The Morgan fingerprint density at radius 3 is 2.03 bits per heavy atom. The number of hydrogen-bond donors (Lipinski definition) is 7. The molecule has 6 unspecified atom stereocenters. The number of carbonyl (C=O) groups is 4. The van der Waals surface area contributed by atoms with E-state index in [0.717, 1.165) is 0 Å². The van der Waals surface area contributed by atoms with E-state index in [1.165, 1.54) is 18.5 Å². The average molecular weight is 545 g/mol. The van der Waals surface area contributed by atoms with Crippen molar-refractivity contribution in [2.75, 3.05) is 0 Å². The van der Waals surface area contributed by atoms with Crippen LogP contribution in [0.15, 0.2) is 36.8 Å². The molecule has 0 saturated carbocycles. The number of nitrogens with two attached hydrogens (primary N) is 1. The number of imidazole rings is 1. The molecule has 2 aromatic rings. The molecular weight excluding hydrogens is 504 g/mol. The minimum Gasteiger partial charge on any atom is -0.508 e. The van der Waals surface area contributed by atoms with Crippen molar-refractivity contribution in [2.24, 2.45) is 17.6 Å². The van der Waals surface area contributed by atoms with Crippen molar-refractivity contribution in [3.63, 3.8) is 0 Å². The van der Waals surface area contributed by atoms with Gasteiger partial charge in [0, 0.05) is 24.7 Å². The van der Waals surface area contributed by atoms with Gasteiger partial charge in [-0.3, -0.25) is 14.4 Å². The van der Waals surface area contributed by atoms with Gasteiger partial charge in [-0.2, -0.15) is 0 Å². The van der Waals surface area contributed by atoms with Crippen LogP contribution >= 0.6 is 0 Å². The van der Waals surface area contributed by atoms with Crippen LogP contribution in [0.3, 0.4) is 0 Å². The monoisotopic (exact) mass is 544 g/mol. The van der Waals surface area contributed by atoms with Crippen LogP contribution in [0.4, 0.5) is 0 Å². The summed E-state index contributed by atoms with van der Waals surface area (Å²) >= 11 is 0. The number of aromatic nitrogens is 2. The minimum absolute atomic E-state index is 0.0492. The van der Waals surface area contributed by atoms with Gasteiger partial charge in [-0.1, -0.05) is 52.7 Å². The molecule has 0 saturated heterocycles. The lowest BCUT2D eigenvalue weighted by Gasteiger charge is -2.29. The topological polar surface area (TPSA) is 200 Å². The molecule has 2 rings (SSSR count). The Labute approximate surface area is 228 Å². The van der Waals surface area contributed by atoms with Gasteiger partial charge in [0.2, 0.25) is 17.7 Å². The molecule has 214 valence electrons. The Kier molecular flexibility index (Phi) is 11.9. The number of carboxylic acid groups (broad SMARTS) is 1. The summed E-state index contributed by atoms with van der Waals surface area (Å²) in [4.78, 5) is 58.2. The molecule has 1 aromatic carbocycles. The number of nitrogens with one attached hydrogen (secondary N) is 4. The average Bonchev–Trinajstić information content (AvgIpc) is 3.42. The molecule has 3 amide bonds. The maximum Gasteiger partial charge on any atom is 0.326 e. The highest BCUT2D eigenvalue weighted by atomic mass is 16.4. The number of phenols is 1. The summed E-state index contributed by atoms with van der Waals surface area (Å²) < 4.78 is 0. The fourth-order valence-electron chi connectivity index (χ4n) is 3.96. The van der Waals surface area contributed by atoms with E-state index in [9.17, 15) is 29.4 Å². The number of amides is 3. The number of carboxylic acids is 1. The van der Waals surface area contributed by atoms with E-state index in [0.29, 0.717) is 24.1 Å². The first-order valence-corrected chi connectivity index (χ1v) is 13.1. The lowest BCUT2D eigenvalue weighted by Crippen LogP contribution is -2.59. The predicted molar refractivity (Wildman–Crippen MR) is 144 cm³/mol. The third-order valence-corrected chi connectivity index (χ3v) is 6.91. The van der Waals surface area contributed by atoms with Gasteiger partial charge in [-0.25, -0.2) is 9.78 Å². The molecule has 12 nitrogen and oxygen atoms in total. The van der Waals surface area contributed by atoms with Crippen LogP contribution < -0.4 is 21.7 Å². The molecule has 0 spiro atoms. The second kappa shape index (κ2) is 14.9. The lowest BCUT2D eigenvalue weighted by molar-refractivity contribution is -0.144. The third kappa shape index (κ3) is 9.40. The van der Waals surface area contributed by atoms with Crippen LogP contribution in [0.2, 0.25) is 0 Å². The standard InChI is InChI=1S/C27H40N6O6/c1-5-15(3)22(26(37)33-23(27(38)39)16(4)6-2)32-25(36)21(11-17-7-9-19(34)10-8-17)31-24(35)20(28)12-18-13-29-14-30-18/h7-10,13-16,20-23,34H,5-6,11-12,28H2,1-4H3,(H,29,30)(H,31,35)(H,32,36)(H,33,37)(H,38,39). The van der Waals surface area contributed by atoms with Crippen LogP contribution in [0.5, 0.6) is 5.75 Å². The molecule has 1 heterocycles. The van der Waals surface area contributed by atoms with Crippen LogP contribution in [-0.4, -0.2) is 68.0 Å². The molecule has 0 aliphatic heterocycles. The van der Waals surface area contributed by atoms with E-state index < -0.39 is 47.9 Å². The van der Waals surface area contributed by atoms with Gasteiger partial charge < -0.3 is 36.9 Å². The Morgan fingerprint density at radius 2 is 1.49 bits per heavy atom. The normalized spacial score (nSPS) is 15.7. The van der Waals surface area contributed by atoms with E-state index in [1.807, 2.05) is 13.8 Å². The minimum atomic E-state index is -1.16. The van der Waals surface area contributed by atoms with Crippen LogP contribution in [-0.2, 0) is 32.0 Å². The number of benzene rings is 1. The van der Waals surface area contributed by atoms with E-state index in [4.69, 9.17) is 5.73 Å². The summed E-state index contributed by atoms with van der Waals surface area (Å²) in [6, 6.07) is 1.95. The molecule has 39 heavy (non-hydrogen) atoms. The van der Waals surface area contributed by atoms with E-state index in [-0.39, 0.29) is 30.4 Å². The molecule has 1 aromatic heterocycles. The van der Waals surface area contributed by atoms with E-state index >= 15 is 0 Å². The summed E-state index contributed by atoms with van der Waals surface area (Å²) in [5, 5.41) is 27.2. The predicted octanol–water partition coefficient (Wildman–Crippen LogP) is 0.859. The zero-order chi connectivity index (χ0) is 29.1. The summed E-state index contributed by atoms with van der Waals surface area (Å²) in [7, 11) is 0. The SMILES string of the molecule is CCC(C)C(NC(=O)C(NC(=O)C(Cc1ccc(O)cc1)NC(=O)C(N)Cc1cnc[nH]1)C(C)CC)C(=O)O. The first kappa shape index (κ1) is 31.3. The fraction of sp³-hybridized carbons (Fsp3) is 0.519. The van der Waals surface area contributed by atoms with Gasteiger partial charge in [0.25, 0.3) is 0 Å². The molecule has 8 N–H and O–H groups in total. The van der Waals surface area contributed by atoms with Gasteiger partial charge in [-0.15, -0.1) is 0 Å². The van der Waals surface area contributed by atoms with Crippen molar-refractivity contribution in [1.82, 2.24) is 25.9 Å². The van der Waals surface area contributed by atoms with Crippen LogP contribution in [0, 0.1) is 11.8 Å².